The number of aliphatic carboxylic acids is 1. The molecule has 0 saturated heterocycles. The third-order valence-electron chi connectivity index (χ3n) is 13.3. The molecule has 9 nitrogen and oxygen atoms in total. The summed E-state index contributed by atoms with van der Waals surface area (Å²) in [5.74, 6) is -2.28. The first-order valence-electron chi connectivity index (χ1n) is 31.5. The Morgan fingerprint density at radius 3 is 1.09 bits per heavy atom. The quantitative estimate of drug-likeness (QED) is 0.0195. The summed E-state index contributed by atoms with van der Waals surface area (Å²) >= 11 is 0. The van der Waals surface area contributed by atoms with E-state index < -0.39 is 24.3 Å². The Kier molecular flexibility index (Phi) is 56.0. The summed E-state index contributed by atoms with van der Waals surface area (Å²) in [5.41, 5.74) is 0. The maximum atomic E-state index is 12.9. The summed E-state index contributed by atoms with van der Waals surface area (Å²) in [4.78, 5) is 37.2. The van der Waals surface area contributed by atoms with Crippen LogP contribution in [0, 0.1) is 0 Å². The van der Waals surface area contributed by atoms with Gasteiger partial charge in [-0.15, -0.1) is 0 Å². The lowest BCUT2D eigenvalue weighted by molar-refractivity contribution is -0.870. The number of likely N-dealkylation sites (N-methyl/N-ethyl adjacent to an activating group) is 1. The van der Waals surface area contributed by atoms with E-state index in [1.807, 2.05) is 21.1 Å². The summed E-state index contributed by atoms with van der Waals surface area (Å²) in [7, 11) is 5.92. The van der Waals surface area contributed by atoms with E-state index in [-0.39, 0.29) is 32.2 Å². The number of hydrogen-bond acceptors (Lipinski definition) is 8. The van der Waals surface area contributed by atoms with E-state index in [1.54, 1.807) is 0 Å². The molecule has 0 aliphatic rings. The molecule has 78 heavy (non-hydrogen) atoms. The van der Waals surface area contributed by atoms with E-state index in [9.17, 15) is 19.5 Å². The van der Waals surface area contributed by atoms with Gasteiger partial charge in [-0.1, -0.05) is 264 Å². The minimum Gasteiger partial charge on any atom is -0.545 e. The molecule has 0 bridgehead atoms. The third kappa shape index (κ3) is 59.6. The van der Waals surface area contributed by atoms with Crippen LogP contribution in [-0.4, -0.2) is 82.3 Å². The van der Waals surface area contributed by atoms with Crippen molar-refractivity contribution in [3.8, 4) is 0 Å². The van der Waals surface area contributed by atoms with Crippen molar-refractivity contribution in [1.29, 1.82) is 0 Å². The molecule has 0 aromatic heterocycles. The molecule has 0 N–H and O–H groups in total. The number of allylic oxidation sites excluding steroid dienone is 18. The number of unbranched alkanes of at least 4 members (excludes halogenated alkanes) is 24. The molecule has 0 aliphatic heterocycles. The largest absolute Gasteiger partial charge is 0.545 e. The second-order valence-electron chi connectivity index (χ2n) is 22.0. The molecule has 0 radical (unpaired) electrons. The lowest BCUT2D eigenvalue weighted by Crippen LogP contribution is -2.44. The average molecular weight is 1090 g/mol. The van der Waals surface area contributed by atoms with Crippen LogP contribution in [0.4, 0.5) is 0 Å². The number of carbonyl (C=O) groups excluding carboxylic acids is 3. The molecule has 0 amide bonds. The SMILES string of the molecule is CC/C=C\C/C=C\C/C=C\C/C=C\C/C=C\C/C=C\C/C=C\C/C=C\C/C=C\CCCCCCCCCCCCCCCC(=O)OC(COC(=O)CCCCCCCCCCCCCC)COC(OCC[N+](C)(C)C)C(=O)[O-]. The molecular weight excluding hydrogens is 971 g/mol. The lowest BCUT2D eigenvalue weighted by atomic mass is 10.0. The topological polar surface area (TPSA) is 111 Å². The summed E-state index contributed by atoms with van der Waals surface area (Å²) < 4.78 is 22.7. The molecule has 0 aromatic carbocycles. The molecule has 0 aliphatic carbocycles. The first-order valence-corrected chi connectivity index (χ1v) is 31.5. The fourth-order valence-corrected chi connectivity index (χ4v) is 8.47. The zero-order valence-corrected chi connectivity index (χ0v) is 50.8. The van der Waals surface area contributed by atoms with Crippen molar-refractivity contribution in [2.45, 2.75) is 264 Å². The molecule has 0 fully saturated rings. The molecule has 0 rings (SSSR count). The fraction of sp³-hybridized carbons (Fsp3) is 0.696. The Morgan fingerprint density at radius 2 is 0.731 bits per heavy atom. The van der Waals surface area contributed by atoms with E-state index in [2.05, 4.69) is 123 Å². The fourth-order valence-electron chi connectivity index (χ4n) is 8.47. The molecular formula is C69H117NO8. The van der Waals surface area contributed by atoms with Crippen molar-refractivity contribution >= 4 is 17.9 Å². The zero-order valence-electron chi connectivity index (χ0n) is 50.8. The molecule has 446 valence electrons. The van der Waals surface area contributed by atoms with Crippen LogP contribution in [0.1, 0.15) is 251 Å². The standard InChI is InChI=1S/C69H117NO8/c1-6-8-10-12-14-16-18-20-21-22-23-24-25-26-27-28-29-30-31-32-33-34-35-36-37-38-39-40-41-42-43-44-45-46-47-48-50-52-54-56-58-60-67(72)78-65(64-77-69(68(73)74)75-62-61-70(3,4)5)63-76-66(71)59-57-55-53-51-49-19-17-15-13-11-9-7-2/h8,10,14,16,20-21,23-24,26-27,29-30,32-33,35-36,38-39,65,69H,6-7,9,11-13,15,17-19,22,25,28,31,34,37,40-64H2,1-5H3/b10-8-,16-14-,21-20-,24-23-,27-26-,30-29-,33-32-,36-35-,39-38-. The van der Waals surface area contributed by atoms with Gasteiger partial charge in [0, 0.05) is 12.8 Å². The minimum absolute atomic E-state index is 0.145. The van der Waals surface area contributed by atoms with E-state index in [4.69, 9.17) is 18.9 Å². The molecule has 0 heterocycles. The Balaban J connectivity index is 4.05. The molecule has 2 atom stereocenters. The molecule has 0 saturated carbocycles. The van der Waals surface area contributed by atoms with Crippen LogP contribution in [0.5, 0.6) is 0 Å². The van der Waals surface area contributed by atoms with Crippen molar-refractivity contribution < 1.29 is 42.9 Å². The van der Waals surface area contributed by atoms with Crippen LogP contribution in [-0.2, 0) is 33.3 Å². The van der Waals surface area contributed by atoms with Gasteiger partial charge in [0.15, 0.2) is 12.4 Å². The number of carbonyl (C=O) groups is 3. The average Bonchev–Trinajstić information content (AvgIpc) is 3.41. The number of nitrogens with zero attached hydrogens (tertiary/aromatic N) is 1. The third-order valence-corrected chi connectivity index (χ3v) is 13.3. The normalized spacial score (nSPS) is 13.5. The van der Waals surface area contributed by atoms with Gasteiger partial charge in [-0.2, -0.15) is 0 Å². The van der Waals surface area contributed by atoms with Gasteiger partial charge in [0.1, 0.15) is 13.2 Å². The Hall–Kier alpha value is -4.05. The highest BCUT2D eigenvalue weighted by molar-refractivity contribution is 5.70. The molecule has 0 aromatic rings. The lowest BCUT2D eigenvalue weighted by Gasteiger charge is -2.26. The highest BCUT2D eigenvalue weighted by Gasteiger charge is 2.22. The molecule has 0 spiro atoms. The van der Waals surface area contributed by atoms with Gasteiger partial charge in [0.05, 0.1) is 40.3 Å². The minimum atomic E-state index is -1.62. The number of carboxylic acid groups (broad SMARTS) is 1. The van der Waals surface area contributed by atoms with Crippen LogP contribution in [0.3, 0.4) is 0 Å². The van der Waals surface area contributed by atoms with Gasteiger partial charge in [-0.25, -0.2) is 0 Å². The highest BCUT2D eigenvalue weighted by atomic mass is 16.7. The monoisotopic (exact) mass is 1090 g/mol. The van der Waals surface area contributed by atoms with Crippen LogP contribution < -0.4 is 5.11 Å². The number of carboxylic acids is 1. The van der Waals surface area contributed by atoms with Gasteiger partial charge in [-0.3, -0.25) is 9.59 Å². The summed E-state index contributed by atoms with van der Waals surface area (Å²) in [6.45, 7) is 4.63. The number of quaternary nitrogens is 1. The smallest absolute Gasteiger partial charge is 0.306 e. The Bertz CT molecular complexity index is 1640. The number of esters is 2. The van der Waals surface area contributed by atoms with Crippen LogP contribution in [0.25, 0.3) is 0 Å². The van der Waals surface area contributed by atoms with Crippen LogP contribution in [0.2, 0.25) is 0 Å². The maximum absolute atomic E-state index is 12.9. The summed E-state index contributed by atoms with van der Waals surface area (Å²) in [6.07, 6.45) is 78.8. The zero-order chi connectivity index (χ0) is 56.9. The van der Waals surface area contributed by atoms with Crippen molar-refractivity contribution in [1.82, 2.24) is 0 Å². The molecule has 2 unspecified atom stereocenters. The Labute approximate surface area is 479 Å². The van der Waals surface area contributed by atoms with Gasteiger partial charge >= 0.3 is 11.9 Å². The summed E-state index contributed by atoms with van der Waals surface area (Å²) in [5, 5.41) is 11.8. The predicted molar refractivity (Wildman–Crippen MR) is 329 cm³/mol. The van der Waals surface area contributed by atoms with E-state index in [0.717, 1.165) is 96.3 Å². The first kappa shape index (κ1) is 74.0. The number of rotatable bonds is 57. The predicted octanol–water partition coefficient (Wildman–Crippen LogP) is 17.7. The van der Waals surface area contributed by atoms with Crippen molar-refractivity contribution in [2.75, 3.05) is 47.5 Å². The summed E-state index contributed by atoms with van der Waals surface area (Å²) in [6, 6.07) is 0. The van der Waals surface area contributed by atoms with Gasteiger partial charge in [-0.05, 0) is 83.5 Å². The van der Waals surface area contributed by atoms with Crippen LogP contribution in [0.15, 0.2) is 109 Å². The number of hydrogen-bond donors (Lipinski definition) is 0. The van der Waals surface area contributed by atoms with Gasteiger partial charge < -0.3 is 33.3 Å². The van der Waals surface area contributed by atoms with Gasteiger partial charge in [0.2, 0.25) is 0 Å². The molecule has 9 heteroatoms. The van der Waals surface area contributed by atoms with E-state index in [1.165, 1.54) is 122 Å². The Morgan fingerprint density at radius 1 is 0.397 bits per heavy atom. The van der Waals surface area contributed by atoms with Crippen molar-refractivity contribution in [3.63, 3.8) is 0 Å². The van der Waals surface area contributed by atoms with E-state index >= 15 is 0 Å². The van der Waals surface area contributed by atoms with E-state index in [0.29, 0.717) is 23.9 Å². The van der Waals surface area contributed by atoms with Gasteiger partial charge in [0.25, 0.3) is 0 Å². The second-order valence-corrected chi connectivity index (χ2v) is 22.0. The maximum Gasteiger partial charge on any atom is 0.306 e. The van der Waals surface area contributed by atoms with Crippen molar-refractivity contribution in [3.05, 3.63) is 109 Å². The van der Waals surface area contributed by atoms with Crippen molar-refractivity contribution in [2.24, 2.45) is 0 Å². The number of ether oxygens (including phenoxy) is 4. The second kappa shape index (κ2) is 59.1. The van der Waals surface area contributed by atoms with Crippen LogP contribution >= 0.6 is 0 Å². The first-order chi connectivity index (χ1) is 38.1. The highest BCUT2D eigenvalue weighted by Crippen LogP contribution is 2.16.